The Hall–Kier alpha value is -2.57. The summed E-state index contributed by atoms with van der Waals surface area (Å²) in [7, 11) is 3.43. The maximum Gasteiger partial charge on any atom is 0.272 e. The number of hydrogen-bond acceptors (Lipinski definition) is 5. The van der Waals surface area contributed by atoms with Crippen LogP contribution < -0.4 is 4.90 Å². The normalized spacial score (nSPS) is 17.2. The fourth-order valence-electron chi connectivity index (χ4n) is 3.36. The Bertz CT molecular complexity index is 778. The first-order chi connectivity index (χ1) is 12.4. The molecule has 1 aliphatic heterocycles. The predicted octanol–water partition coefficient (Wildman–Crippen LogP) is 2.48. The van der Waals surface area contributed by atoms with Gasteiger partial charge in [-0.1, -0.05) is 0 Å². The number of nitrogens with zero attached hydrogens (tertiary/aromatic N) is 5. The number of piperidine rings is 1. The van der Waals surface area contributed by atoms with Gasteiger partial charge >= 0.3 is 0 Å². The molecule has 0 bridgehead atoms. The summed E-state index contributed by atoms with van der Waals surface area (Å²) in [6.45, 7) is 3.58. The van der Waals surface area contributed by atoms with Crippen LogP contribution in [0, 0.1) is 18.7 Å². The molecule has 0 N–H and O–H groups in total. The van der Waals surface area contributed by atoms with Gasteiger partial charge in [-0.3, -0.25) is 4.79 Å². The number of aromatic nitrogens is 3. The number of amides is 1. The third kappa shape index (κ3) is 4.33. The van der Waals surface area contributed by atoms with E-state index in [-0.39, 0.29) is 11.7 Å². The van der Waals surface area contributed by atoms with Gasteiger partial charge in [0.25, 0.3) is 5.91 Å². The van der Waals surface area contributed by atoms with Crippen LogP contribution in [0.5, 0.6) is 0 Å². The fraction of sp³-hybridized carbons (Fsp3) is 0.474. The third-order valence-electron chi connectivity index (χ3n) is 4.57. The molecule has 3 rings (SSSR count). The van der Waals surface area contributed by atoms with Crippen molar-refractivity contribution in [1.82, 2.24) is 19.9 Å². The van der Waals surface area contributed by atoms with Gasteiger partial charge in [0.2, 0.25) is 0 Å². The molecule has 138 valence electrons. The van der Waals surface area contributed by atoms with Crippen molar-refractivity contribution in [3.05, 3.63) is 47.4 Å². The lowest BCUT2D eigenvalue weighted by atomic mass is 9.93. The molecular formula is C19H24FN5O. The van der Waals surface area contributed by atoms with Crippen molar-refractivity contribution >= 4 is 11.7 Å². The quantitative estimate of drug-likeness (QED) is 0.841. The summed E-state index contributed by atoms with van der Waals surface area (Å²) in [4.78, 5) is 28.9. The van der Waals surface area contributed by atoms with Crippen molar-refractivity contribution in [2.24, 2.45) is 5.92 Å². The highest BCUT2D eigenvalue weighted by Gasteiger charge is 2.22. The van der Waals surface area contributed by atoms with Crippen LogP contribution in [-0.2, 0) is 6.42 Å². The summed E-state index contributed by atoms with van der Waals surface area (Å²) in [5.41, 5.74) is 1.33. The number of halogens is 1. The molecule has 3 heterocycles. The number of hydrogen-bond donors (Lipinski definition) is 0. The van der Waals surface area contributed by atoms with E-state index in [0.29, 0.717) is 17.4 Å². The first-order valence-corrected chi connectivity index (χ1v) is 8.85. The van der Waals surface area contributed by atoms with Crippen molar-refractivity contribution in [1.29, 1.82) is 0 Å². The van der Waals surface area contributed by atoms with Crippen LogP contribution in [0.25, 0.3) is 0 Å². The van der Waals surface area contributed by atoms with Crippen LogP contribution in [0.4, 0.5) is 10.2 Å². The summed E-state index contributed by atoms with van der Waals surface area (Å²) in [5.74, 6) is 1.39. The lowest BCUT2D eigenvalue weighted by Gasteiger charge is -2.33. The molecule has 6 nitrogen and oxygen atoms in total. The number of rotatable bonds is 4. The molecular weight excluding hydrogens is 333 g/mol. The fourth-order valence-corrected chi connectivity index (χ4v) is 3.36. The van der Waals surface area contributed by atoms with E-state index in [1.165, 1.54) is 17.2 Å². The minimum Gasteiger partial charge on any atom is -0.356 e. The van der Waals surface area contributed by atoms with E-state index in [9.17, 15) is 9.18 Å². The van der Waals surface area contributed by atoms with Crippen LogP contribution in [0.3, 0.4) is 0 Å². The SMILES string of the molecule is Cc1nc(C[C@@H]2CCCN(c3ccc(F)cn3)C2)cc(C(=O)N(C)C)n1. The van der Waals surface area contributed by atoms with E-state index >= 15 is 0 Å². The van der Waals surface area contributed by atoms with Crippen molar-refractivity contribution in [3.63, 3.8) is 0 Å². The number of pyridine rings is 1. The molecule has 7 heteroatoms. The van der Waals surface area contributed by atoms with E-state index in [1.807, 2.05) is 6.92 Å². The second-order valence-corrected chi connectivity index (χ2v) is 6.98. The third-order valence-corrected chi connectivity index (χ3v) is 4.57. The minimum absolute atomic E-state index is 0.113. The number of carbonyl (C=O) groups excluding carboxylic acids is 1. The largest absolute Gasteiger partial charge is 0.356 e. The van der Waals surface area contributed by atoms with Gasteiger partial charge in [0, 0.05) is 32.9 Å². The van der Waals surface area contributed by atoms with Crippen LogP contribution in [0.2, 0.25) is 0 Å². The highest BCUT2D eigenvalue weighted by molar-refractivity contribution is 5.92. The number of anilines is 1. The van der Waals surface area contributed by atoms with Gasteiger partial charge in [-0.25, -0.2) is 19.3 Å². The maximum atomic E-state index is 13.1. The zero-order valence-electron chi connectivity index (χ0n) is 15.4. The van der Waals surface area contributed by atoms with Crippen LogP contribution in [-0.4, -0.2) is 52.9 Å². The summed E-state index contributed by atoms with van der Waals surface area (Å²) < 4.78 is 13.1. The van der Waals surface area contributed by atoms with Crippen LogP contribution in [0.1, 0.15) is 34.8 Å². The standard InChI is InChI=1S/C19H24FN5O/c1-13-22-16(10-17(23-13)19(26)24(2)3)9-14-5-4-8-25(12-14)18-7-6-15(20)11-21-18/h6-7,10-11,14H,4-5,8-9,12H2,1-3H3/t14-/m0/s1. The molecule has 1 aliphatic rings. The minimum atomic E-state index is -0.322. The second kappa shape index (κ2) is 7.76. The Morgan fingerprint density at radius 3 is 2.85 bits per heavy atom. The van der Waals surface area contributed by atoms with E-state index in [1.54, 1.807) is 26.2 Å². The average molecular weight is 357 g/mol. The number of carbonyl (C=O) groups is 1. The van der Waals surface area contributed by atoms with Gasteiger partial charge in [-0.15, -0.1) is 0 Å². The van der Waals surface area contributed by atoms with E-state index in [4.69, 9.17) is 0 Å². The Morgan fingerprint density at radius 1 is 1.35 bits per heavy atom. The van der Waals surface area contributed by atoms with Gasteiger partial charge in [-0.05, 0) is 50.3 Å². The summed E-state index contributed by atoms with van der Waals surface area (Å²) in [6, 6.07) is 4.96. The van der Waals surface area contributed by atoms with Crippen LogP contribution >= 0.6 is 0 Å². The average Bonchev–Trinajstić information content (AvgIpc) is 2.61. The molecule has 0 aliphatic carbocycles. The summed E-state index contributed by atoms with van der Waals surface area (Å²) in [6.07, 6.45) is 4.19. The molecule has 0 unspecified atom stereocenters. The Labute approximate surface area is 153 Å². The topological polar surface area (TPSA) is 62.2 Å². The van der Waals surface area contributed by atoms with Crippen molar-refractivity contribution < 1.29 is 9.18 Å². The Kier molecular flexibility index (Phi) is 5.44. The molecule has 26 heavy (non-hydrogen) atoms. The Morgan fingerprint density at radius 2 is 2.15 bits per heavy atom. The molecule has 0 saturated carbocycles. The first kappa shape index (κ1) is 18.2. The molecule has 1 amide bonds. The Balaban J connectivity index is 1.72. The molecule has 2 aromatic heterocycles. The molecule has 0 radical (unpaired) electrons. The zero-order chi connectivity index (χ0) is 18.7. The van der Waals surface area contributed by atoms with Gasteiger partial charge in [-0.2, -0.15) is 0 Å². The van der Waals surface area contributed by atoms with Crippen molar-refractivity contribution in [2.75, 3.05) is 32.1 Å². The molecule has 0 spiro atoms. The highest BCUT2D eigenvalue weighted by Crippen LogP contribution is 2.24. The monoisotopic (exact) mass is 357 g/mol. The molecule has 2 aromatic rings. The van der Waals surface area contributed by atoms with Crippen LogP contribution in [0.15, 0.2) is 24.4 Å². The first-order valence-electron chi connectivity index (χ1n) is 8.85. The second-order valence-electron chi connectivity index (χ2n) is 6.98. The molecule has 1 atom stereocenters. The molecule has 1 saturated heterocycles. The van der Waals surface area contributed by atoms with E-state index < -0.39 is 0 Å². The van der Waals surface area contributed by atoms with Crippen molar-refractivity contribution in [2.45, 2.75) is 26.2 Å². The lowest BCUT2D eigenvalue weighted by molar-refractivity contribution is 0.0821. The zero-order valence-corrected chi connectivity index (χ0v) is 15.4. The van der Waals surface area contributed by atoms with Gasteiger partial charge in [0.1, 0.15) is 23.2 Å². The van der Waals surface area contributed by atoms with Gasteiger partial charge in [0.15, 0.2) is 0 Å². The highest BCUT2D eigenvalue weighted by atomic mass is 19.1. The van der Waals surface area contributed by atoms with Gasteiger partial charge < -0.3 is 9.80 Å². The molecule has 1 fully saturated rings. The maximum absolute atomic E-state index is 13.1. The van der Waals surface area contributed by atoms with E-state index in [0.717, 1.165) is 43.9 Å². The molecule has 0 aromatic carbocycles. The van der Waals surface area contributed by atoms with E-state index in [2.05, 4.69) is 19.9 Å². The van der Waals surface area contributed by atoms with Crippen molar-refractivity contribution in [3.8, 4) is 0 Å². The summed E-state index contributed by atoms with van der Waals surface area (Å²) >= 11 is 0. The summed E-state index contributed by atoms with van der Waals surface area (Å²) in [5, 5.41) is 0. The lowest BCUT2D eigenvalue weighted by Crippen LogP contribution is -2.37. The van der Waals surface area contributed by atoms with Gasteiger partial charge in [0.05, 0.1) is 6.20 Å². The number of aryl methyl sites for hydroxylation is 1. The smallest absolute Gasteiger partial charge is 0.272 e. The predicted molar refractivity (Wildman–Crippen MR) is 97.6 cm³/mol.